The molecule has 1 heterocycles. The van der Waals surface area contributed by atoms with Crippen molar-refractivity contribution >= 4 is 17.3 Å². The van der Waals surface area contributed by atoms with Gasteiger partial charge < -0.3 is 15.2 Å². The van der Waals surface area contributed by atoms with E-state index in [0.29, 0.717) is 33.9 Å². The molecule has 0 saturated carbocycles. The highest BCUT2D eigenvalue weighted by Gasteiger charge is 2.11. The molecule has 0 aliphatic carbocycles. The number of nitrogens with one attached hydrogen (secondary N) is 1. The molecule has 0 aliphatic heterocycles. The van der Waals surface area contributed by atoms with Crippen LogP contribution in [0.2, 0.25) is 5.02 Å². The number of nitrogens with zero attached hydrogens (tertiary/aromatic N) is 2. The van der Waals surface area contributed by atoms with Gasteiger partial charge in [0.1, 0.15) is 0 Å². The number of benzene rings is 2. The molecule has 3 aromatic rings. The molecule has 2 aromatic carbocycles. The van der Waals surface area contributed by atoms with Crippen molar-refractivity contribution < 1.29 is 9.47 Å². The Kier molecular flexibility index (Phi) is 4.08. The van der Waals surface area contributed by atoms with E-state index in [-0.39, 0.29) is 0 Å². The summed E-state index contributed by atoms with van der Waals surface area (Å²) in [6.45, 7) is 0. The Morgan fingerprint density at radius 3 is 2.43 bits per heavy atom. The van der Waals surface area contributed by atoms with Crippen LogP contribution in [0.5, 0.6) is 11.5 Å². The largest absolute Gasteiger partial charge is 0.493 e. The molecular weight excluding hydrogens is 316 g/mol. The molecule has 0 amide bonds. The number of methoxy groups -OCH3 is 2. The van der Waals surface area contributed by atoms with Crippen LogP contribution >= 0.6 is 11.6 Å². The SMILES string of the molecule is COc1ccc(-c2nc(-c3ccc(Cl)c(N)c3)n[nH]2)cc1OC. The number of nitrogen functional groups attached to an aromatic ring is 1. The second-order valence-electron chi connectivity index (χ2n) is 4.81. The number of H-pyrrole nitrogens is 1. The maximum atomic E-state index is 5.93. The highest BCUT2D eigenvalue weighted by molar-refractivity contribution is 6.33. The number of aromatic amines is 1. The van der Waals surface area contributed by atoms with E-state index in [0.717, 1.165) is 11.1 Å². The summed E-state index contributed by atoms with van der Waals surface area (Å²) in [7, 11) is 3.18. The van der Waals surface area contributed by atoms with Crippen molar-refractivity contribution in [1.82, 2.24) is 15.2 Å². The molecule has 3 rings (SSSR count). The monoisotopic (exact) mass is 330 g/mol. The molecule has 1 aromatic heterocycles. The van der Waals surface area contributed by atoms with Crippen LogP contribution in [-0.2, 0) is 0 Å². The predicted molar refractivity (Wildman–Crippen MR) is 89.8 cm³/mol. The number of hydrogen-bond donors (Lipinski definition) is 2. The maximum absolute atomic E-state index is 5.93. The van der Waals surface area contributed by atoms with Crippen LogP contribution in [0.25, 0.3) is 22.8 Å². The maximum Gasteiger partial charge on any atom is 0.181 e. The zero-order chi connectivity index (χ0) is 16.4. The third-order valence-corrected chi connectivity index (χ3v) is 3.74. The lowest BCUT2D eigenvalue weighted by Gasteiger charge is -2.07. The smallest absolute Gasteiger partial charge is 0.181 e. The van der Waals surface area contributed by atoms with Crippen LogP contribution in [-0.4, -0.2) is 29.4 Å². The topological polar surface area (TPSA) is 86.0 Å². The molecule has 0 fully saturated rings. The molecule has 0 atom stereocenters. The van der Waals surface area contributed by atoms with E-state index in [2.05, 4.69) is 15.2 Å². The number of nitrogens with two attached hydrogens (primary N) is 1. The summed E-state index contributed by atoms with van der Waals surface area (Å²) in [6, 6.07) is 10.8. The van der Waals surface area contributed by atoms with E-state index in [1.165, 1.54) is 0 Å². The van der Waals surface area contributed by atoms with Gasteiger partial charge in [0.15, 0.2) is 23.1 Å². The molecular formula is C16H15ClN4O2. The van der Waals surface area contributed by atoms with E-state index in [9.17, 15) is 0 Å². The fraction of sp³-hybridized carbons (Fsp3) is 0.125. The van der Waals surface area contributed by atoms with Gasteiger partial charge in [0.25, 0.3) is 0 Å². The highest BCUT2D eigenvalue weighted by Crippen LogP contribution is 2.32. The third-order valence-electron chi connectivity index (χ3n) is 3.40. The van der Waals surface area contributed by atoms with Crippen LogP contribution in [0.3, 0.4) is 0 Å². The van der Waals surface area contributed by atoms with Crippen LogP contribution in [0.4, 0.5) is 5.69 Å². The summed E-state index contributed by atoms with van der Waals surface area (Å²) in [5, 5.41) is 7.64. The first kappa shape index (κ1) is 15.2. The summed E-state index contributed by atoms with van der Waals surface area (Å²) in [5.41, 5.74) is 7.93. The predicted octanol–water partition coefficient (Wildman–Crippen LogP) is 3.39. The average molecular weight is 331 g/mol. The zero-order valence-electron chi connectivity index (χ0n) is 12.6. The van der Waals surface area contributed by atoms with Crippen molar-refractivity contribution in [3.8, 4) is 34.3 Å². The van der Waals surface area contributed by atoms with E-state index in [1.807, 2.05) is 24.3 Å². The molecule has 0 bridgehead atoms. The second kappa shape index (κ2) is 6.18. The van der Waals surface area contributed by atoms with Gasteiger partial charge in [-0.3, -0.25) is 5.10 Å². The van der Waals surface area contributed by atoms with Crippen LogP contribution in [0, 0.1) is 0 Å². The summed E-state index contributed by atoms with van der Waals surface area (Å²) >= 11 is 5.93. The lowest BCUT2D eigenvalue weighted by Crippen LogP contribution is -1.91. The zero-order valence-corrected chi connectivity index (χ0v) is 13.4. The molecule has 118 valence electrons. The van der Waals surface area contributed by atoms with Crippen molar-refractivity contribution in [2.75, 3.05) is 20.0 Å². The highest BCUT2D eigenvalue weighted by atomic mass is 35.5. The summed E-state index contributed by atoms with van der Waals surface area (Å²) in [5.74, 6) is 2.44. The third kappa shape index (κ3) is 2.93. The fourth-order valence-corrected chi connectivity index (χ4v) is 2.30. The number of hydrogen-bond acceptors (Lipinski definition) is 5. The Hall–Kier alpha value is -2.73. The van der Waals surface area contributed by atoms with Crippen LogP contribution < -0.4 is 15.2 Å². The Balaban J connectivity index is 1.97. The van der Waals surface area contributed by atoms with Crippen molar-refractivity contribution in [1.29, 1.82) is 0 Å². The molecule has 3 N–H and O–H groups in total. The first-order valence-electron chi connectivity index (χ1n) is 6.82. The minimum absolute atomic E-state index is 0.488. The molecule has 0 radical (unpaired) electrons. The molecule has 23 heavy (non-hydrogen) atoms. The van der Waals surface area contributed by atoms with Gasteiger partial charge in [-0.15, -0.1) is 0 Å². The number of aromatic nitrogens is 3. The fourth-order valence-electron chi connectivity index (χ4n) is 2.19. The summed E-state index contributed by atoms with van der Waals surface area (Å²) in [6.07, 6.45) is 0. The molecule has 7 heteroatoms. The minimum atomic E-state index is 0.488. The van der Waals surface area contributed by atoms with Gasteiger partial charge >= 0.3 is 0 Å². The van der Waals surface area contributed by atoms with E-state index >= 15 is 0 Å². The van der Waals surface area contributed by atoms with Gasteiger partial charge in [-0.1, -0.05) is 11.6 Å². The number of ether oxygens (including phenoxy) is 2. The lowest BCUT2D eigenvalue weighted by atomic mass is 10.2. The Morgan fingerprint density at radius 1 is 1.00 bits per heavy atom. The number of halogens is 1. The average Bonchev–Trinajstić information content (AvgIpc) is 3.06. The summed E-state index contributed by atoms with van der Waals surface area (Å²) in [4.78, 5) is 4.49. The minimum Gasteiger partial charge on any atom is -0.493 e. The van der Waals surface area contributed by atoms with Gasteiger partial charge in [-0.05, 0) is 36.4 Å². The number of anilines is 1. The summed E-state index contributed by atoms with van der Waals surface area (Å²) < 4.78 is 10.5. The van der Waals surface area contributed by atoms with Gasteiger partial charge in [-0.25, -0.2) is 4.98 Å². The standard InChI is InChI=1S/C16H15ClN4O2/c1-22-13-6-4-10(8-14(13)23-2)16-19-15(20-21-16)9-3-5-11(17)12(18)7-9/h3-8H,18H2,1-2H3,(H,19,20,21). The number of rotatable bonds is 4. The Bertz CT molecular complexity index is 848. The Labute approximate surface area is 138 Å². The normalized spacial score (nSPS) is 10.6. The van der Waals surface area contributed by atoms with Crippen molar-refractivity contribution in [2.45, 2.75) is 0 Å². The van der Waals surface area contributed by atoms with Crippen LogP contribution in [0.15, 0.2) is 36.4 Å². The van der Waals surface area contributed by atoms with Crippen molar-refractivity contribution in [2.24, 2.45) is 0 Å². The molecule has 0 saturated heterocycles. The molecule has 6 nitrogen and oxygen atoms in total. The van der Waals surface area contributed by atoms with Gasteiger partial charge in [-0.2, -0.15) is 5.10 Å². The van der Waals surface area contributed by atoms with Crippen molar-refractivity contribution in [3.05, 3.63) is 41.4 Å². The van der Waals surface area contributed by atoms with E-state index < -0.39 is 0 Å². The van der Waals surface area contributed by atoms with Gasteiger partial charge in [0.2, 0.25) is 0 Å². The second-order valence-corrected chi connectivity index (χ2v) is 5.22. The van der Waals surface area contributed by atoms with Crippen molar-refractivity contribution in [3.63, 3.8) is 0 Å². The quantitative estimate of drug-likeness (QED) is 0.716. The molecule has 0 spiro atoms. The van der Waals surface area contributed by atoms with E-state index in [1.54, 1.807) is 26.4 Å². The van der Waals surface area contributed by atoms with Crippen LogP contribution in [0.1, 0.15) is 0 Å². The first-order valence-corrected chi connectivity index (χ1v) is 7.20. The molecule has 0 aliphatic rings. The molecule has 0 unspecified atom stereocenters. The first-order chi connectivity index (χ1) is 11.1. The van der Waals surface area contributed by atoms with Gasteiger partial charge in [0.05, 0.1) is 24.9 Å². The van der Waals surface area contributed by atoms with E-state index in [4.69, 9.17) is 26.8 Å². The van der Waals surface area contributed by atoms with Gasteiger partial charge in [0, 0.05) is 11.1 Å². The lowest BCUT2D eigenvalue weighted by molar-refractivity contribution is 0.355. The Morgan fingerprint density at radius 2 is 1.74 bits per heavy atom.